The molecule has 0 fully saturated rings. The molecule has 0 spiro atoms. The minimum Gasteiger partial charge on any atom is -0.481 e. The van der Waals surface area contributed by atoms with Gasteiger partial charge in [-0.05, 0) is 43.9 Å². The maximum absolute atomic E-state index is 12.6. The van der Waals surface area contributed by atoms with Crippen molar-refractivity contribution in [1.29, 1.82) is 0 Å². The lowest BCUT2D eigenvalue weighted by molar-refractivity contribution is -0.162. The number of ether oxygens (including phenoxy) is 1. The van der Waals surface area contributed by atoms with Gasteiger partial charge in [0.05, 0.1) is 11.8 Å². The summed E-state index contributed by atoms with van der Waals surface area (Å²) in [4.78, 5) is 24.1. The molecule has 1 rings (SSSR count). The Balaban J connectivity index is 2.43. The zero-order chi connectivity index (χ0) is 20.2. The maximum Gasteiger partial charge on any atom is 0.310 e. The van der Waals surface area contributed by atoms with E-state index in [2.05, 4.69) is 27.7 Å². The molecule has 3 unspecified atom stereocenters. The number of rotatable bonds is 13. The minimum absolute atomic E-state index is 0.0893. The third kappa shape index (κ3) is 9.97. The maximum atomic E-state index is 12.6. The van der Waals surface area contributed by atoms with Crippen LogP contribution in [-0.2, 0) is 14.3 Å². The van der Waals surface area contributed by atoms with Gasteiger partial charge in [-0.15, -0.1) is 0 Å². The minimum atomic E-state index is -0.900. The molecule has 0 aliphatic heterocycles. The lowest BCUT2D eigenvalue weighted by Crippen LogP contribution is -2.34. The molecule has 4 nitrogen and oxygen atoms in total. The lowest BCUT2D eigenvalue weighted by Gasteiger charge is -2.27. The fraction of sp³-hybridized carbons (Fsp3) is 0.826. The summed E-state index contributed by atoms with van der Waals surface area (Å²) in [5.41, 5.74) is 0. The van der Waals surface area contributed by atoms with Gasteiger partial charge in [0.1, 0.15) is 6.10 Å². The van der Waals surface area contributed by atoms with Crippen LogP contribution in [-0.4, -0.2) is 23.1 Å². The highest BCUT2D eigenvalue weighted by atomic mass is 16.5. The normalized spacial score (nSPS) is 20.8. The van der Waals surface area contributed by atoms with Crippen molar-refractivity contribution >= 4 is 11.9 Å². The molecule has 1 aliphatic carbocycles. The first-order valence-corrected chi connectivity index (χ1v) is 10.9. The van der Waals surface area contributed by atoms with Gasteiger partial charge in [-0.2, -0.15) is 0 Å². The summed E-state index contributed by atoms with van der Waals surface area (Å²) in [5.74, 6) is -1.18. The predicted octanol–water partition coefficient (Wildman–Crippen LogP) is 6.00. The molecule has 0 amide bonds. The van der Waals surface area contributed by atoms with E-state index in [1.807, 2.05) is 12.2 Å². The van der Waals surface area contributed by atoms with E-state index in [1.165, 1.54) is 32.1 Å². The summed E-state index contributed by atoms with van der Waals surface area (Å²) in [6.45, 7) is 8.80. The third-order valence-corrected chi connectivity index (χ3v) is 5.38. The largest absolute Gasteiger partial charge is 0.481 e. The number of carbonyl (C=O) groups excluding carboxylic acids is 1. The SMILES string of the molecule is CC(C)CCCCCCCC(CC(C)C)OC(=O)C1CC=CCC1C(=O)O. The molecule has 27 heavy (non-hydrogen) atoms. The van der Waals surface area contributed by atoms with Crippen LogP contribution < -0.4 is 0 Å². The fourth-order valence-electron chi connectivity index (χ4n) is 3.80. The Morgan fingerprint density at radius 3 is 2.00 bits per heavy atom. The average molecular weight is 381 g/mol. The summed E-state index contributed by atoms with van der Waals surface area (Å²) < 4.78 is 5.80. The zero-order valence-corrected chi connectivity index (χ0v) is 17.8. The van der Waals surface area contributed by atoms with Crippen LogP contribution in [0.4, 0.5) is 0 Å². The van der Waals surface area contributed by atoms with E-state index >= 15 is 0 Å². The molecule has 0 heterocycles. The van der Waals surface area contributed by atoms with Gasteiger partial charge in [0.25, 0.3) is 0 Å². The van der Waals surface area contributed by atoms with Crippen molar-refractivity contribution in [2.75, 3.05) is 0 Å². The molecule has 4 heteroatoms. The lowest BCUT2D eigenvalue weighted by atomic mass is 9.83. The predicted molar refractivity (Wildman–Crippen MR) is 109 cm³/mol. The molecule has 0 aromatic rings. The van der Waals surface area contributed by atoms with Gasteiger partial charge in [-0.1, -0.05) is 72.0 Å². The molecule has 0 radical (unpaired) electrons. The van der Waals surface area contributed by atoms with Crippen molar-refractivity contribution in [3.05, 3.63) is 12.2 Å². The highest BCUT2D eigenvalue weighted by Crippen LogP contribution is 2.28. The average Bonchev–Trinajstić information content (AvgIpc) is 2.59. The van der Waals surface area contributed by atoms with Gasteiger partial charge in [0.15, 0.2) is 0 Å². The Morgan fingerprint density at radius 2 is 1.44 bits per heavy atom. The first-order valence-electron chi connectivity index (χ1n) is 10.9. The topological polar surface area (TPSA) is 63.6 Å². The molecular weight excluding hydrogens is 340 g/mol. The van der Waals surface area contributed by atoms with Gasteiger partial charge in [0, 0.05) is 0 Å². The Labute approximate surface area is 165 Å². The van der Waals surface area contributed by atoms with E-state index in [9.17, 15) is 14.7 Å². The number of carboxylic acid groups (broad SMARTS) is 1. The molecule has 3 atom stereocenters. The molecule has 1 aliphatic rings. The van der Waals surface area contributed by atoms with Gasteiger partial charge in [0.2, 0.25) is 0 Å². The van der Waals surface area contributed by atoms with Gasteiger partial charge >= 0.3 is 11.9 Å². The van der Waals surface area contributed by atoms with Crippen molar-refractivity contribution in [3.8, 4) is 0 Å². The molecule has 0 bridgehead atoms. The Bertz CT molecular complexity index is 467. The number of hydrogen-bond donors (Lipinski definition) is 1. The van der Waals surface area contributed by atoms with E-state index < -0.39 is 17.8 Å². The molecule has 0 saturated heterocycles. The highest BCUT2D eigenvalue weighted by Gasteiger charge is 2.36. The van der Waals surface area contributed by atoms with Crippen LogP contribution in [0.5, 0.6) is 0 Å². The van der Waals surface area contributed by atoms with Crippen LogP contribution in [0.25, 0.3) is 0 Å². The van der Waals surface area contributed by atoms with Crippen molar-refractivity contribution < 1.29 is 19.4 Å². The van der Waals surface area contributed by atoms with Crippen LogP contribution >= 0.6 is 0 Å². The second-order valence-corrected chi connectivity index (χ2v) is 8.92. The molecule has 0 saturated carbocycles. The standard InChI is InChI=1S/C23H40O4/c1-17(2)12-8-6-5-7-9-13-19(16-18(3)4)27-23(26)21-15-11-10-14-20(21)22(24)25/h10-11,17-21H,5-9,12-16H2,1-4H3,(H,24,25). The first kappa shape index (κ1) is 23.7. The second-order valence-electron chi connectivity index (χ2n) is 8.92. The smallest absolute Gasteiger partial charge is 0.310 e. The summed E-state index contributed by atoms with van der Waals surface area (Å²) in [6.07, 6.45) is 13.6. The van der Waals surface area contributed by atoms with Gasteiger partial charge in [-0.3, -0.25) is 9.59 Å². The quantitative estimate of drug-likeness (QED) is 0.242. The number of esters is 1. The third-order valence-electron chi connectivity index (χ3n) is 5.38. The number of unbranched alkanes of at least 4 members (excludes halogenated alkanes) is 4. The van der Waals surface area contributed by atoms with Gasteiger partial charge < -0.3 is 9.84 Å². The van der Waals surface area contributed by atoms with Crippen LogP contribution in [0.1, 0.15) is 91.9 Å². The first-order chi connectivity index (χ1) is 12.8. The highest BCUT2D eigenvalue weighted by molar-refractivity contribution is 5.81. The van der Waals surface area contributed by atoms with Crippen molar-refractivity contribution in [2.24, 2.45) is 23.7 Å². The summed E-state index contributed by atoms with van der Waals surface area (Å²) in [6, 6.07) is 0. The van der Waals surface area contributed by atoms with E-state index in [-0.39, 0.29) is 12.1 Å². The van der Waals surface area contributed by atoms with Gasteiger partial charge in [-0.25, -0.2) is 0 Å². The van der Waals surface area contributed by atoms with E-state index in [1.54, 1.807) is 0 Å². The molecule has 156 valence electrons. The summed E-state index contributed by atoms with van der Waals surface area (Å²) in [5, 5.41) is 9.37. The van der Waals surface area contributed by atoms with Crippen LogP contribution in [0.2, 0.25) is 0 Å². The second kappa shape index (κ2) is 13.0. The molecular formula is C23H40O4. The van der Waals surface area contributed by atoms with E-state index in [4.69, 9.17) is 4.74 Å². The number of carboxylic acids is 1. The Hall–Kier alpha value is -1.32. The number of hydrogen-bond acceptors (Lipinski definition) is 3. The number of allylic oxidation sites excluding steroid dienone is 2. The number of aliphatic carboxylic acids is 1. The monoisotopic (exact) mass is 380 g/mol. The Kier molecular flexibility index (Phi) is 11.4. The zero-order valence-electron chi connectivity index (χ0n) is 17.8. The van der Waals surface area contributed by atoms with E-state index in [0.29, 0.717) is 18.8 Å². The van der Waals surface area contributed by atoms with Crippen LogP contribution in [0, 0.1) is 23.7 Å². The van der Waals surface area contributed by atoms with Crippen molar-refractivity contribution in [1.82, 2.24) is 0 Å². The van der Waals surface area contributed by atoms with Crippen LogP contribution in [0.3, 0.4) is 0 Å². The summed E-state index contributed by atoms with van der Waals surface area (Å²) >= 11 is 0. The van der Waals surface area contributed by atoms with Crippen LogP contribution in [0.15, 0.2) is 12.2 Å². The van der Waals surface area contributed by atoms with Crippen molar-refractivity contribution in [3.63, 3.8) is 0 Å². The number of carbonyl (C=O) groups is 2. The molecule has 0 aromatic heterocycles. The fourth-order valence-corrected chi connectivity index (χ4v) is 3.80. The van der Waals surface area contributed by atoms with E-state index in [0.717, 1.165) is 25.2 Å². The molecule has 1 N–H and O–H groups in total. The van der Waals surface area contributed by atoms with Crippen molar-refractivity contribution in [2.45, 2.75) is 98.0 Å². The Morgan fingerprint density at radius 1 is 0.889 bits per heavy atom. The molecule has 0 aromatic carbocycles. The summed E-state index contributed by atoms with van der Waals surface area (Å²) in [7, 11) is 0.